The Morgan fingerprint density at radius 1 is 1.19 bits per heavy atom. The Balaban J connectivity index is 1.71. The smallest absolute Gasteiger partial charge is 0.377 e. The van der Waals surface area contributed by atoms with Crippen molar-refractivity contribution < 1.29 is 19.1 Å². The predicted octanol–water partition coefficient (Wildman–Crippen LogP) is 3.42. The molecular formula is C18H23N3O4S. The van der Waals surface area contributed by atoms with E-state index in [1.807, 2.05) is 12.1 Å². The van der Waals surface area contributed by atoms with Gasteiger partial charge in [0.2, 0.25) is 11.0 Å². The van der Waals surface area contributed by atoms with Crippen LogP contribution in [0.15, 0.2) is 24.3 Å². The van der Waals surface area contributed by atoms with E-state index in [2.05, 4.69) is 52.3 Å². The zero-order chi connectivity index (χ0) is 19.2. The van der Waals surface area contributed by atoms with E-state index in [1.165, 1.54) is 12.7 Å². The van der Waals surface area contributed by atoms with E-state index in [1.54, 1.807) is 0 Å². The number of ether oxygens (including phenoxy) is 2. The topological polar surface area (TPSA) is 90.4 Å². The number of carbonyl (C=O) groups is 2. The van der Waals surface area contributed by atoms with Crippen LogP contribution >= 0.6 is 11.5 Å². The molecule has 140 valence electrons. The van der Waals surface area contributed by atoms with Crippen molar-refractivity contribution in [2.45, 2.75) is 39.0 Å². The lowest BCUT2D eigenvalue weighted by atomic mass is 9.87. The third-order valence-corrected chi connectivity index (χ3v) is 4.21. The molecular weight excluding hydrogens is 354 g/mol. The van der Waals surface area contributed by atoms with Crippen molar-refractivity contribution in [1.82, 2.24) is 9.36 Å². The summed E-state index contributed by atoms with van der Waals surface area (Å²) < 4.78 is 14.0. The molecule has 1 aromatic heterocycles. The van der Waals surface area contributed by atoms with Crippen LogP contribution in [0.25, 0.3) is 0 Å². The molecule has 0 aliphatic carbocycles. The zero-order valence-electron chi connectivity index (χ0n) is 15.4. The van der Waals surface area contributed by atoms with Crippen molar-refractivity contribution in [3.8, 4) is 5.75 Å². The first-order valence-corrected chi connectivity index (χ1v) is 9.02. The molecule has 0 fully saturated rings. The number of rotatable bonds is 7. The standard InChI is InChI=1S/C18H23N3O4S/c1-18(2,3)12-7-9-13(10-8-12)25-11-5-6-14(22)19-17-20-15(21-26-17)16(23)24-4/h7-10H,5-6,11H2,1-4H3,(H,19,20,21,22). The first-order chi connectivity index (χ1) is 12.3. The molecule has 0 spiro atoms. The highest BCUT2D eigenvalue weighted by Crippen LogP contribution is 2.24. The molecule has 0 aliphatic heterocycles. The monoisotopic (exact) mass is 377 g/mol. The number of nitrogens with zero attached hydrogens (tertiary/aromatic N) is 2. The lowest BCUT2D eigenvalue weighted by molar-refractivity contribution is -0.116. The van der Waals surface area contributed by atoms with Crippen LogP contribution in [-0.2, 0) is 14.9 Å². The van der Waals surface area contributed by atoms with Crippen molar-refractivity contribution >= 4 is 28.5 Å². The summed E-state index contributed by atoms with van der Waals surface area (Å²) in [5, 5.41) is 2.88. The Hall–Kier alpha value is -2.48. The fraction of sp³-hybridized carbons (Fsp3) is 0.444. The fourth-order valence-corrected chi connectivity index (χ4v) is 2.68. The predicted molar refractivity (Wildman–Crippen MR) is 99.7 cm³/mol. The number of hydrogen-bond acceptors (Lipinski definition) is 7. The van der Waals surface area contributed by atoms with Crippen molar-refractivity contribution in [2.24, 2.45) is 0 Å². The second-order valence-electron chi connectivity index (χ2n) is 6.69. The minimum Gasteiger partial charge on any atom is -0.494 e. The summed E-state index contributed by atoms with van der Waals surface area (Å²) in [6.45, 7) is 6.92. The Morgan fingerprint density at radius 3 is 2.50 bits per heavy atom. The first-order valence-electron chi connectivity index (χ1n) is 8.25. The molecule has 0 bridgehead atoms. The minimum absolute atomic E-state index is 0.0603. The van der Waals surface area contributed by atoms with Gasteiger partial charge in [-0.05, 0) is 29.5 Å². The van der Waals surface area contributed by atoms with Crippen molar-refractivity contribution in [1.29, 1.82) is 0 Å². The van der Waals surface area contributed by atoms with E-state index in [-0.39, 0.29) is 28.7 Å². The number of hydrogen-bond donors (Lipinski definition) is 1. The fourth-order valence-electron chi connectivity index (χ4n) is 2.10. The van der Waals surface area contributed by atoms with Gasteiger partial charge in [0.05, 0.1) is 13.7 Å². The lowest BCUT2D eigenvalue weighted by Gasteiger charge is -2.19. The van der Waals surface area contributed by atoms with E-state index in [4.69, 9.17) is 4.74 Å². The SMILES string of the molecule is COC(=O)c1nsc(NC(=O)CCCOc2ccc(C(C)(C)C)cc2)n1. The number of esters is 1. The van der Waals surface area contributed by atoms with Gasteiger partial charge in [-0.25, -0.2) is 4.79 Å². The summed E-state index contributed by atoms with van der Waals surface area (Å²) in [5.74, 6) is -0.114. The number of benzene rings is 1. The maximum atomic E-state index is 11.9. The molecule has 0 unspecified atom stereocenters. The summed E-state index contributed by atoms with van der Waals surface area (Å²) in [5.41, 5.74) is 1.35. The number of amides is 1. The molecule has 0 saturated carbocycles. The van der Waals surface area contributed by atoms with Crippen LogP contribution in [0.5, 0.6) is 5.75 Å². The molecule has 0 radical (unpaired) electrons. The van der Waals surface area contributed by atoms with Gasteiger partial charge in [0, 0.05) is 18.0 Å². The van der Waals surface area contributed by atoms with Gasteiger partial charge in [-0.2, -0.15) is 9.36 Å². The largest absolute Gasteiger partial charge is 0.494 e. The number of anilines is 1. The summed E-state index contributed by atoms with van der Waals surface area (Å²) >= 11 is 0.936. The van der Waals surface area contributed by atoms with Crippen molar-refractivity contribution in [3.05, 3.63) is 35.7 Å². The number of nitrogens with one attached hydrogen (secondary N) is 1. The summed E-state index contributed by atoms with van der Waals surface area (Å²) in [6, 6.07) is 7.99. The molecule has 1 heterocycles. The highest BCUT2D eigenvalue weighted by molar-refractivity contribution is 7.10. The van der Waals surface area contributed by atoms with Gasteiger partial charge in [0.15, 0.2) is 0 Å². The highest BCUT2D eigenvalue weighted by atomic mass is 32.1. The Kier molecular flexibility index (Phi) is 6.68. The van der Waals surface area contributed by atoms with Gasteiger partial charge < -0.3 is 14.8 Å². The molecule has 1 aromatic carbocycles. The second-order valence-corrected chi connectivity index (χ2v) is 7.44. The number of carbonyl (C=O) groups excluding carboxylic acids is 2. The molecule has 8 heteroatoms. The molecule has 7 nitrogen and oxygen atoms in total. The van der Waals surface area contributed by atoms with Crippen LogP contribution in [0.2, 0.25) is 0 Å². The van der Waals surface area contributed by atoms with E-state index in [9.17, 15) is 9.59 Å². The lowest BCUT2D eigenvalue weighted by Crippen LogP contribution is -2.13. The second kappa shape index (κ2) is 8.75. The Labute approximate surface area is 156 Å². The summed E-state index contributed by atoms with van der Waals surface area (Å²) in [4.78, 5) is 27.0. The normalized spacial score (nSPS) is 11.1. The molecule has 0 aliphatic rings. The first kappa shape index (κ1) is 19.8. The van der Waals surface area contributed by atoms with Gasteiger partial charge in [-0.3, -0.25) is 4.79 Å². The molecule has 26 heavy (non-hydrogen) atoms. The average molecular weight is 377 g/mol. The van der Waals surface area contributed by atoms with Crippen LogP contribution in [-0.4, -0.2) is 35.0 Å². The van der Waals surface area contributed by atoms with Crippen molar-refractivity contribution in [2.75, 3.05) is 19.0 Å². The molecule has 0 saturated heterocycles. The third kappa shape index (κ3) is 5.80. The van der Waals surface area contributed by atoms with E-state index in [0.29, 0.717) is 13.0 Å². The molecule has 1 amide bonds. The maximum Gasteiger partial charge on any atom is 0.377 e. The molecule has 0 atom stereocenters. The van der Waals surface area contributed by atoms with E-state index < -0.39 is 5.97 Å². The van der Waals surface area contributed by atoms with Gasteiger partial charge in [-0.1, -0.05) is 32.9 Å². The van der Waals surface area contributed by atoms with E-state index >= 15 is 0 Å². The third-order valence-electron chi connectivity index (χ3n) is 3.58. The van der Waals surface area contributed by atoms with Gasteiger partial charge in [0.25, 0.3) is 5.82 Å². The van der Waals surface area contributed by atoms with Crippen molar-refractivity contribution in [3.63, 3.8) is 0 Å². The van der Waals surface area contributed by atoms with Gasteiger partial charge in [0.1, 0.15) is 5.75 Å². The van der Waals surface area contributed by atoms with Crippen LogP contribution in [0, 0.1) is 0 Å². The van der Waals surface area contributed by atoms with Crippen LogP contribution in [0.1, 0.15) is 49.8 Å². The Morgan fingerprint density at radius 2 is 1.88 bits per heavy atom. The minimum atomic E-state index is -0.632. The van der Waals surface area contributed by atoms with E-state index in [0.717, 1.165) is 17.3 Å². The maximum absolute atomic E-state index is 11.9. The van der Waals surface area contributed by atoms with Crippen LogP contribution in [0.4, 0.5) is 5.13 Å². The zero-order valence-corrected chi connectivity index (χ0v) is 16.2. The summed E-state index contributed by atoms with van der Waals surface area (Å²) in [7, 11) is 1.25. The van der Waals surface area contributed by atoms with Crippen LogP contribution in [0.3, 0.4) is 0 Å². The number of aromatic nitrogens is 2. The molecule has 2 rings (SSSR count). The molecule has 2 aromatic rings. The summed E-state index contributed by atoms with van der Waals surface area (Å²) in [6.07, 6.45) is 0.850. The quantitative estimate of drug-likeness (QED) is 0.587. The van der Waals surface area contributed by atoms with Crippen LogP contribution < -0.4 is 10.1 Å². The number of methoxy groups -OCH3 is 1. The van der Waals surface area contributed by atoms with Gasteiger partial charge in [-0.15, -0.1) is 0 Å². The van der Waals surface area contributed by atoms with Gasteiger partial charge >= 0.3 is 5.97 Å². The average Bonchev–Trinajstić information content (AvgIpc) is 3.06. The molecule has 1 N–H and O–H groups in total. The Bertz CT molecular complexity index is 751. The highest BCUT2D eigenvalue weighted by Gasteiger charge is 2.15.